The van der Waals surface area contributed by atoms with Gasteiger partial charge in [0.2, 0.25) is 0 Å². The van der Waals surface area contributed by atoms with Gasteiger partial charge in [-0.1, -0.05) is 6.07 Å². The Hall–Kier alpha value is -2.65. The first kappa shape index (κ1) is 14.8. The predicted molar refractivity (Wildman–Crippen MR) is 80.2 cm³/mol. The van der Waals surface area contributed by atoms with Gasteiger partial charge in [-0.05, 0) is 52.3 Å². The van der Waals surface area contributed by atoms with E-state index in [4.69, 9.17) is 10.4 Å². The summed E-state index contributed by atoms with van der Waals surface area (Å²) in [5.41, 5.74) is 1.12. The third-order valence-electron chi connectivity index (χ3n) is 2.72. The quantitative estimate of drug-likeness (QED) is 0.893. The second kappa shape index (κ2) is 6.20. The molecule has 0 radical (unpaired) electrons. The molecule has 2 aromatic rings. The molecule has 0 aliphatic heterocycles. The minimum absolute atomic E-state index is 0.0688. The molecule has 0 unspecified atom stereocenters. The highest BCUT2D eigenvalue weighted by Crippen LogP contribution is 2.24. The zero-order valence-corrected chi connectivity index (χ0v) is 12.2. The van der Waals surface area contributed by atoms with Gasteiger partial charge < -0.3 is 10.4 Å². The van der Waals surface area contributed by atoms with E-state index in [1.165, 1.54) is 18.2 Å². The highest BCUT2D eigenvalue weighted by molar-refractivity contribution is 9.10. The van der Waals surface area contributed by atoms with Crippen molar-refractivity contribution in [3.8, 4) is 6.07 Å². The van der Waals surface area contributed by atoms with Crippen molar-refractivity contribution in [1.29, 1.82) is 5.26 Å². The number of hydrogen-bond donors (Lipinski definition) is 2. The van der Waals surface area contributed by atoms with E-state index >= 15 is 0 Å². The number of rotatable bonds is 3. The molecule has 0 bridgehead atoms. The summed E-state index contributed by atoms with van der Waals surface area (Å²) in [6.45, 7) is 0. The van der Waals surface area contributed by atoms with Crippen LogP contribution in [0.1, 0.15) is 26.3 Å². The molecule has 104 valence electrons. The molecule has 0 heterocycles. The molecule has 2 rings (SSSR count). The van der Waals surface area contributed by atoms with Gasteiger partial charge in [0.25, 0.3) is 5.91 Å². The number of carboxylic acid groups (broad SMARTS) is 1. The van der Waals surface area contributed by atoms with Crippen molar-refractivity contribution in [3.05, 3.63) is 63.6 Å². The molecule has 21 heavy (non-hydrogen) atoms. The maximum Gasteiger partial charge on any atom is 0.335 e. The SMILES string of the molecule is N#Cc1cccc(C(=O)Nc2cc(C(=O)O)ccc2Br)c1. The first-order valence-electron chi connectivity index (χ1n) is 5.85. The van der Waals surface area contributed by atoms with Crippen LogP contribution < -0.4 is 5.32 Å². The van der Waals surface area contributed by atoms with Gasteiger partial charge in [-0.15, -0.1) is 0 Å². The summed E-state index contributed by atoms with van der Waals surface area (Å²) in [6, 6.07) is 12.5. The van der Waals surface area contributed by atoms with Gasteiger partial charge in [0, 0.05) is 10.0 Å². The third-order valence-corrected chi connectivity index (χ3v) is 3.41. The summed E-state index contributed by atoms with van der Waals surface area (Å²) in [4.78, 5) is 23.1. The lowest BCUT2D eigenvalue weighted by molar-refractivity contribution is 0.0696. The molecule has 6 heteroatoms. The molecular weight excluding hydrogens is 336 g/mol. The van der Waals surface area contributed by atoms with Crippen LogP contribution in [0.2, 0.25) is 0 Å². The fourth-order valence-corrected chi connectivity index (χ4v) is 2.02. The number of amides is 1. The minimum atomic E-state index is -1.08. The molecule has 0 saturated heterocycles. The van der Waals surface area contributed by atoms with E-state index in [0.717, 1.165) is 0 Å². The number of anilines is 1. The highest BCUT2D eigenvalue weighted by atomic mass is 79.9. The summed E-state index contributed by atoms with van der Waals surface area (Å²) in [5.74, 6) is -1.50. The number of nitrogens with one attached hydrogen (secondary N) is 1. The first-order valence-corrected chi connectivity index (χ1v) is 6.65. The lowest BCUT2D eigenvalue weighted by Crippen LogP contribution is -2.13. The van der Waals surface area contributed by atoms with Crippen LogP contribution in [0.25, 0.3) is 0 Å². The van der Waals surface area contributed by atoms with Crippen molar-refractivity contribution in [2.24, 2.45) is 0 Å². The van der Waals surface area contributed by atoms with Crippen LogP contribution in [0.4, 0.5) is 5.69 Å². The van der Waals surface area contributed by atoms with E-state index in [-0.39, 0.29) is 5.56 Å². The minimum Gasteiger partial charge on any atom is -0.478 e. The van der Waals surface area contributed by atoms with Crippen molar-refractivity contribution < 1.29 is 14.7 Å². The standard InChI is InChI=1S/C15H9BrN2O3/c16-12-5-4-11(15(20)21)7-13(12)18-14(19)10-3-1-2-9(6-10)8-17/h1-7H,(H,18,19)(H,20,21). The van der Waals surface area contributed by atoms with Gasteiger partial charge in [0.05, 0.1) is 22.9 Å². The maximum atomic E-state index is 12.1. The molecule has 2 N–H and O–H groups in total. The Morgan fingerprint density at radius 2 is 1.90 bits per heavy atom. The predicted octanol–water partition coefficient (Wildman–Crippen LogP) is 3.27. The fraction of sp³-hybridized carbons (Fsp3) is 0. The van der Waals surface area contributed by atoms with Crippen LogP contribution in [-0.2, 0) is 0 Å². The lowest BCUT2D eigenvalue weighted by atomic mass is 10.1. The van der Waals surface area contributed by atoms with Crippen molar-refractivity contribution in [2.45, 2.75) is 0 Å². The number of carboxylic acids is 1. The number of nitriles is 1. The van der Waals surface area contributed by atoms with E-state index < -0.39 is 11.9 Å². The molecular formula is C15H9BrN2O3. The third kappa shape index (κ3) is 3.46. The molecule has 0 spiro atoms. The highest BCUT2D eigenvalue weighted by Gasteiger charge is 2.11. The molecule has 0 saturated carbocycles. The monoisotopic (exact) mass is 344 g/mol. The normalized spacial score (nSPS) is 9.71. The summed E-state index contributed by atoms with van der Waals surface area (Å²) in [5, 5.41) is 20.4. The summed E-state index contributed by atoms with van der Waals surface area (Å²) in [6.07, 6.45) is 0. The van der Waals surface area contributed by atoms with Gasteiger partial charge >= 0.3 is 5.97 Å². The Morgan fingerprint density at radius 1 is 1.14 bits per heavy atom. The van der Waals surface area contributed by atoms with Crippen LogP contribution >= 0.6 is 15.9 Å². The Morgan fingerprint density at radius 3 is 2.57 bits per heavy atom. The largest absolute Gasteiger partial charge is 0.478 e. The molecule has 0 aliphatic carbocycles. The Kier molecular flexibility index (Phi) is 4.36. The number of nitrogens with zero attached hydrogens (tertiary/aromatic N) is 1. The number of hydrogen-bond acceptors (Lipinski definition) is 3. The molecule has 5 nitrogen and oxygen atoms in total. The van der Waals surface area contributed by atoms with Gasteiger partial charge in [-0.25, -0.2) is 4.79 Å². The van der Waals surface area contributed by atoms with Crippen molar-refractivity contribution >= 4 is 33.5 Å². The van der Waals surface area contributed by atoms with Gasteiger partial charge in [-0.3, -0.25) is 4.79 Å². The van der Waals surface area contributed by atoms with E-state index in [2.05, 4.69) is 21.2 Å². The Labute approximate surface area is 129 Å². The smallest absolute Gasteiger partial charge is 0.335 e. The van der Waals surface area contributed by atoms with Crippen LogP contribution in [0.15, 0.2) is 46.9 Å². The van der Waals surface area contributed by atoms with E-state index in [9.17, 15) is 9.59 Å². The van der Waals surface area contributed by atoms with Gasteiger partial charge in [0.1, 0.15) is 0 Å². The molecule has 1 amide bonds. The van der Waals surface area contributed by atoms with Gasteiger partial charge in [0.15, 0.2) is 0 Å². The van der Waals surface area contributed by atoms with E-state index in [0.29, 0.717) is 21.3 Å². The van der Waals surface area contributed by atoms with Crippen molar-refractivity contribution in [1.82, 2.24) is 0 Å². The summed E-state index contributed by atoms with van der Waals surface area (Å²) < 4.78 is 0.567. The fourth-order valence-electron chi connectivity index (χ4n) is 1.68. The zero-order valence-electron chi connectivity index (χ0n) is 10.6. The summed E-state index contributed by atoms with van der Waals surface area (Å²) in [7, 11) is 0. The topological polar surface area (TPSA) is 90.2 Å². The average molecular weight is 345 g/mol. The number of carbonyl (C=O) groups is 2. The lowest BCUT2D eigenvalue weighted by Gasteiger charge is -2.08. The number of carbonyl (C=O) groups excluding carboxylic acids is 1. The Bertz CT molecular complexity index is 766. The van der Waals surface area contributed by atoms with Crippen molar-refractivity contribution in [2.75, 3.05) is 5.32 Å². The number of benzene rings is 2. The van der Waals surface area contributed by atoms with E-state index in [1.54, 1.807) is 24.3 Å². The van der Waals surface area contributed by atoms with Gasteiger partial charge in [-0.2, -0.15) is 5.26 Å². The van der Waals surface area contributed by atoms with Crippen LogP contribution in [0.3, 0.4) is 0 Å². The molecule has 0 aliphatic rings. The maximum absolute atomic E-state index is 12.1. The van der Waals surface area contributed by atoms with Crippen LogP contribution in [0, 0.1) is 11.3 Å². The Balaban J connectivity index is 2.29. The molecule has 0 aromatic heterocycles. The molecule has 2 aromatic carbocycles. The van der Waals surface area contributed by atoms with Crippen molar-refractivity contribution in [3.63, 3.8) is 0 Å². The average Bonchev–Trinajstić information content (AvgIpc) is 2.49. The second-order valence-corrected chi connectivity index (χ2v) is 5.00. The molecule has 0 atom stereocenters. The molecule has 0 fully saturated rings. The van der Waals surface area contributed by atoms with Crippen LogP contribution in [0.5, 0.6) is 0 Å². The first-order chi connectivity index (χ1) is 10.0. The second-order valence-electron chi connectivity index (χ2n) is 4.15. The van der Waals surface area contributed by atoms with E-state index in [1.807, 2.05) is 6.07 Å². The number of aromatic carboxylic acids is 1. The zero-order chi connectivity index (χ0) is 15.4. The van der Waals surface area contributed by atoms with Crippen LogP contribution in [-0.4, -0.2) is 17.0 Å². The number of halogens is 1. The summed E-state index contributed by atoms with van der Waals surface area (Å²) >= 11 is 3.25.